The van der Waals surface area contributed by atoms with Gasteiger partial charge in [0.15, 0.2) is 0 Å². The Morgan fingerprint density at radius 3 is 2.67 bits per heavy atom. The summed E-state index contributed by atoms with van der Waals surface area (Å²) in [6.45, 7) is 5.98. The van der Waals surface area contributed by atoms with E-state index in [0.29, 0.717) is 12.6 Å². The maximum Gasteiger partial charge on any atom is 0.0637 e. The molecule has 2 rings (SSSR count). The van der Waals surface area contributed by atoms with Crippen LogP contribution in [0.1, 0.15) is 26.7 Å². The molecular weight excluding hydrogens is 262 g/mol. The quantitative estimate of drug-likeness (QED) is 0.792. The molecule has 21 heavy (non-hydrogen) atoms. The van der Waals surface area contributed by atoms with Gasteiger partial charge in [-0.2, -0.15) is 0 Å². The monoisotopic (exact) mass is 287 g/mol. The summed E-state index contributed by atoms with van der Waals surface area (Å²) in [5.41, 5.74) is 8.36. The number of hydrogen-bond donors (Lipinski definition) is 1. The molecular formula is C17H25N3O. The van der Waals surface area contributed by atoms with Crippen LogP contribution in [0.15, 0.2) is 30.6 Å². The number of aromatic nitrogens is 1. The van der Waals surface area contributed by atoms with E-state index in [0.717, 1.165) is 41.5 Å². The SMILES string of the molecule is CCC(CC)N(CCOC)c1ccc2cnccc2c1N. The van der Waals surface area contributed by atoms with Gasteiger partial charge in [-0.15, -0.1) is 0 Å². The van der Waals surface area contributed by atoms with Crippen molar-refractivity contribution in [1.29, 1.82) is 0 Å². The van der Waals surface area contributed by atoms with Crippen molar-refractivity contribution >= 4 is 22.1 Å². The van der Waals surface area contributed by atoms with Gasteiger partial charge >= 0.3 is 0 Å². The van der Waals surface area contributed by atoms with Gasteiger partial charge in [-0.05, 0) is 25.0 Å². The molecule has 0 saturated carbocycles. The maximum atomic E-state index is 6.43. The van der Waals surface area contributed by atoms with Crippen molar-refractivity contribution in [3.8, 4) is 0 Å². The molecule has 0 aliphatic heterocycles. The number of anilines is 2. The van der Waals surface area contributed by atoms with E-state index >= 15 is 0 Å². The number of fused-ring (bicyclic) bond motifs is 1. The van der Waals surface area contributed by atoms with Gasteiger partial charge in [-0.3, -0.25) is 4.98 Å². The summed E-state index contributed by atoms with van der Waals surface area (Å²) in [5.74, 6) is 0. The molecule has 0 radical (unpaired) electrons. The van der Waals surface area contributed by atoms with Crippen LogP contribution in [0.4, 0.5) is 11.4 Å². The Bertz CT molecular complexity index is 581. The number of rotatable bonds is 7. The fraction of sp³-hybridized carbons (Fsp3) is 0.471. The van der Waals surface area contributed by atoms with E-state index in [1.54, 1.807) is 13.3 Å². The van der Waals surface area contributed by atoms with Gasteiger partial charge in [0.2, 0.25) is 0 Å². The van der Waals surface area contributed by atoms with Gasteiger partial charge in [0.25, 0.3) is 0 Å². The molecule has 0 saturated heterocycles. The van der Waals surface area contributed by atoms with Crippen molar-refractivity contribution in [2.75, 3.05) is 30.9 Å². The molecule has 0 bridgehead atoms. The molecule has 114 valence electrons. The normalized spacial score (nSPS) is 11.2. The molecule has 1 heterocycles. The van der Waals surface area contributed by atoms with Crippen molar-refractivity contribution in [3.63, 3.8) is 0 Å². The number of nitrogens with zero attached hydrogens (tertiary/aromatic N) is 2. The average molecular weight is 287 g/mol. The highest BCUT2D eigenvalue weighted by molar-refractivity contribution is 5.98. The molecule has 2 aromatic rings. The topological polar surface area (TPSA) is 51.4 Å². The van der Waals surface area contributed by atoms with E-state index in [1.165, 1.54) is 0 Å². The summed E-state index contributed by atoms with van der Waals surface area (Å²) < 4.78 is 5.27. The molecule has 1 aromatic heterocycles. The summed E-state index contributed by atoms with van der Waals surface area (Å²) in [4.78, 5) is 6.53. The molecule has 1 aromatic carbocycles. The molecule has 0 fully saturated rings. The van der Waals surface area contributed by atoms with E-state index in [1.807, 2.05) is 12.3 Å². The predicted molar refractivity (Wildman–Crippen MR) is 89.7 cm³/mol. The minimum Gasteiger partial charge on any atom is -0.397 e. The van der Waals surface area contributed by atoms with Gasteiger partial charge in [0.05, 0.1) is 18.0 Å². The van der Waals surface area contributed by atoms with Crippen LogP contribution >= 0.6 is 0 Å². The fourth-order valence-corrected chi connectivity index (χ4v) is 2.85. The van der Waals surface area contributed by atoms with Crippen molar-refractivity contribution in [2.45, 2.75) is 32.7 Å². The molecule has 4 heteroatoms. The Labute approximate surface area is 126 Å². The van der Waals surface area contributed by atoms with Crippen molar-refractivity contribution in [2.24, 2.45) is 0 Å². The molecule has 0 aliphatic rings. The lowest BCUT2D eigenvalue weighted by Crippen LogP contribution is -2.37. The fourth-order valence-electron chi connectivity index (χ4n) is 2.85. The van der Waals surface area contributed by atoms with Crippen LogP contribution in [0.25, 0.3) is 10.8 Å². The number of ether oxygens (including phenoxy) is 1. The van der Waals surface area contributed by atoms with Crippen LogP contribution in [0.3, 0.4) is 0 Å². The smallest absolute Gasteiger partial charge is 0.0637 e. The number of methoxy groups -OCH3 is 1. The third kappa shape index (κ3) is 3.27. The van der Waals surface area contributed by atoms with E-state index in [4.69, 9.17) is 10.5 Å². The zero-order valence-corrected chi connectivity index (χ0v) is 13.2. The Morgan fingerprint density at radius 1 is 1.24 bits per heavy atom. The largest absolute Gasteiger partial charge is 0.397 e. The number of nitrogens with two attached hydrogens (primary N) is 1. The van der Waals surface area contributed by atoms with E-state index < -0.39 is 0 Å². The van der Waals surface area contributed by atoms with Crippen LogP contribution in [-0.4, -0.2) is 31.3 Å². The van der Waals surface area contributed by atoms with Gasteiger partial charge < -0.3 is 15.4 Å². The standard InChI is InChI=1S/C17H25N3O/c1-4-14(5-2)20(10-11-21-3)16-7-6-13-12-19-9-8-15(13)17(16)18/h6-9,12,14H,4-5,10-11,18H2,1-3H3. The molecule has 0 spiro atoms. The van der Waals surface area contributed by atoms with Crippen molar-refractivity contribution in [1.82, 2.24) is 4.98 Å². The van der Waals surface area contributed by atoms with Crippen LogP contribution in [0.2, 0.25) is 0 Å². The first kappa shape index (κ1) is 15.6. The van der Waals surface area contributed by atoms with Crippen molar-refractivity contribution < 1.29 is 4.74 Å². The maximum absolute atomic E-state index is 6.43. The lowest BCUT2D eigenvalue weighted by molar-refractivity contribution is 0.202. The number of nitrogen functional groups attached to an aromatic ring is 1. The summed E-state index contributed by atoms with van der Waals surface area (Å²) in [6.07, 6.45) is 5.83. The van der Waals surface area contributed by atoms with Gasteiger partial charge in [-0.25, -0.2) is 0 Å². The average Bonchev–Trinajstić information content (AvgIpc) is 2.53. The third-order valence-corrected chi connectivity index (χ3v) is 4.07. The molecule has 0 aliphatic carbocycles. The van der Waals surface area contributed by atoms with Crippen LogP contribution in [0.5, 0.6) is 0 Å². The minimum atomic E-state index is 0.474. The second-order valence-electron chi connectivity index (χ2n) is 5.25. The number of benzene rings is 1. The van der Waals surface area contributed by atoms with Gasteiger partial charge in [-0.1, -0.05) is 19.9 Å². The molecule has 0 amide bonds. The number of pyridine rings is 1. The van der Waals surface area contributed by atoms with Crippen LogP contribution in [0, 0.1) is 0 Å². The van der Waals surface area contributed by atoms with Crippen molar-refractivity contribution in [3.05, 3.63) is 30.6 Å². The first-order valence-corrected chi connectivity index (χ1v) is 7.60. The highest BCUT2D eigenvalue weighted by Crippen LogP contribution is 2.33. The van der Waals surface area contributed by atoms with Crippen LogP contribution < -0.4 is 10.6 Å². The first-order valence-electron chi connectivity index (χ1n) is 7.60. The highest BCUT2D eigenvalue weighted by atomic mass is 16.5. The Balaban J connectivity index is 2.45. The van der Waals surface area contributed by atoms with E-state index in [2.05, 4.69) is 35.9 Å². The lowest BCUT2D eigenvalue weighted by atomic mass is 10.1. The lowest BCUT2D eigenvalue weighted by Gasteiger charge is -2.33. The Hall–Kier alpha value is -1.81. The number of hydrogen-bond acceptors (Lipinski definition) is 4. The highest BCUT2D eigenvalue weighted by Gasteiger charge is 2.18. The zero-order chi connectivity index (χ0) is 15.2. The minimum absolute atomic E-state index is 0.474. The Kier molecular flexibility index (Phi) is 5.39. The Morgan fingerprint density at radius 2 is 2.00 bits per heavy atom. The summed E-state index contributed by atoms with van der Waals surface area (Å²) >= 11 is 0. The third-order valence-electron chi connectivity index (χ3n) is 4.07. The summed E-state index contributed by atoms with van der Waals surface area (Å²) in [6, 6.07) is 6.65. The molecule has 2 N–H and O–H groups in total. The molecule has 4 nitrogen and oxygen atoms in total. The van der Waals surface area contributed by atoms with Gasteiger partial charge in [0.1, 0.15) is 0 Å². The molecule has 0 atom stereocenters. The van der Waals surface area contributed by atoms with E-state index in [9.17, 15) is 0 Å². The molecule has 0 unspecified atom stereocenters. The van der Waals surface area contributed by atoms with Crippen LogP contribution in [-0.2, 0) is 4.74 Å². The summed E-state index contributed by atoms with van der Waals surface area (Å²) in [5, 5.41) is 2.14. The second-order valence-corrected chi connectivity index (χ2v) is 5.25. The van der Waals surface area contributed by atoms with Gasteiger partial charge in [0, 0.05) is 42.9 Å². The second kappa shape index (κ2) is 7.27. The summed E-state index contributed by atoms with van der Waals surface area (Å²) in [7, 11) is 1.74. The predicted octanol–water partition coefficient (Wildman–Crippen LogP) is 3.46. The first-order chi connectivity index (χ1) is 10.2. The zero-order valence-electron chi connectivity index (χ0n) is 13.2. The van der Waals surface area contributed by atoms with E-state index in [-0.39, 0.29) is 0 Å².